The van der Waals surface area contributed by atoms with Gasteiger partial charge in [0.15, 0.2) is 0 Å². The molecule has 1 amide bonds. The van der Waals surface area contributed by atoms with Crippen molar-refractivity contribution in [1.82, 2.24) is 4.57 Å². The van der Waals surface area contributed by atoms with Crippen molar-refractivity contribution in [2.45, 2.75) is 18.9 Å². The third kappa shape index (κ3) is 5.03. The molecule has 0 spiro atoms. The van der Waals surface area contributed by atoms with Gasteiger partial charge in [0.05, 0.1) is 5.69 Å². The van der Waals surface area contributed by atoms with Crippen molar-refractivity contribution in [3.05, 3.63) is 137 Å². The monoisotopic (exact) mass is 484 g/mol. The van der Waals surface area contributed by atoms with Crippen LogP contribution in [0.4, 0.5) is 18.9 Å². The van der Waals surface area contributed by atoms with Crippen molar-refractivity contribution < 1.29 is 18.0 Å². The van der Waals surface area contributed by atoms with Crippen molar-refractivity contribution in [2.75, 3.05) is 5.32 Å². The molecular formula is C30H23F3N2O. The lowest BCUT2D eigenvalue weighted by atomic mass is 9.88. The summed E-state index contributed by atoms with van der Waals surface area (Å²) in [5.74, 6) is -1.94. The summed E-state index contributed by atoms with van der Waals surface area (Å²) < 4.78 is 43.3. The molecule has 1 N–H and O–H groups in total. The summed E-state index contributed by atoms with van der Waals surface area (Å²) in [7, 11) is 0. The fourth-order valence-electron chi connectivity index (χ4n) is 4.52. The molecule has 5 rings (SSSR count). The van der Waals surface area contributed by atoms with Crippen LogP contribution in [-0.2, 0) is 11.3 Å². The number of hydrogen-bond donors (Lipinski definition) is 1. The highest BCUT2D eigenvalue weighted by Crippen LogP contribution is 2.35. The van der Waals surface area contributed by atoms with E-state index in [-0.39, 0.29) is 29.6 Å². The summed E-state index contributed by atoms with van der Waals surface area (Å²) in [4.78, 5) is 13.1. The fourth-order valence-corrected chi connectivity index (χ4v) is 4.52. The van der Waals surface area contributed by atoms with Crippen LogP contribution >= 0.6 is 0 Å². The smallest absolute Gasteiger partial charge is 0.225 e. The van der Waals surface area contributed by atoms with Crippen LogP contribution in [0.3, 0.4) is 0 Å². The van der Waals surface area contributed by atoms with Crippen molar-refractivity contribution in [3.8, 4) is 0 Å². The van der Waals surface area contributed by atoms with E-state index < -0.39 is 11.7 Å². The van der Waals surface area contributed by atoms with Crippen molar-refractivity contribution in [2.24, 2.45) is 0 Å². The van der Waals surface area contributed by atoms with E-state index >= 15 is 0 Å². The third-order valence-corrected chi connectivity index (χ3v) is 6.27. The number of nitrogens with zero attached hydrogens (tertiary/aromatic N) is 1. The molecule has 0 aliphatic rings. The summed E-state index contributed by atoms with van der Waals surface area (Å²) in [5.41, 5.74) is 3.66. The second-order valence-corrected chi connectivity index (χ2v) is 8.69. The summed E-state index contributed by atoms with van der Waals surface area (Å²) in [6.07, 6.45) is 2.02. The number of aromatic nitrogens is 1. The highest BCUT2D eigenvalue weighted by Gasteiger charge is 2.23. The quantitative estimate of drug-likeness (QED) is 0.259. The van der Waals surface area contributed by atoms with E-state index in [1.165, 1.54) is 36.4 Å². The first-order valence-corrected chi connectivity index (χ1v) is 11.6. The lowest BCUT2D eigenvalue weighted by Gasteiger charge is -2.17. The van der Waals surface area contributed by atoms with Gasteiger partial charge in [0.2, 0.25) is 5.91 Å². The zero-order valence-electron chi connectivity index (χ0n) is 19.3. The van der Waals surface area contributed by atoms with E-state index in [2.05, 4.69) is 9.88 Å². The van der Waals surface area contributed by atoms with Crippen LogP contribution < -0.4 is 5.32 Å². The van der Waals surface area contributed by atoms with Gasteiger partial charge in [0, 0.05) is 36.0 Å². The molecule has 1 unspecified atom stereocenters. The first-order valence-electron chi connectivity index (χ1n) is 11.6. The highest BCUT2D eigenvalue weighted by molar-refractivity contribution is 5.93. The number of amides is 1. The van der Waals surface area contributed by atoms with Gasteiger partial charge in [-0.15, -0.1) is 0 Å². The normalized spacial score (nSPS) is 12.0. The van der Waals surface area contributed by atoms with Crippen molar-refractivity contribution >= 4 is 22.5 Å². The minimum Gasteiger partial charge on any atom is -0.343 e. The third-order valence-electron chi connectivity index (χ3n) is 6.27. The van der Waals surface area contributed by atoms with E-state index in [0.29, 0.717) is 6.54 Å². The minimum atomic E-state index is -0.514. The number of fused-ring (bicyclic) bond motifs is 1. The first-order chi connectivity index (χ1) is 17.5. The molecule has 0 saturated heterocycles. The standard InChI is InChI=1S/C30H23F3N2O/c31-22-13-9-20(10-14-22)18-35-19-26(24-5-1-4-8-29(24)35)25(21-11-15-23(32)16-12-21)17-30(36)34-28-7-3-2-6-27(28)33/h1-16,19,25H,17-18H2,(H,34,36). The molecule has 6 heteroatoms. The Labute approximate surface area is 206 Å². The van der Waals surface area contributed by atoms with Gasteiger partial charge in [0.1, 0.15) is 17.5 Å². The molecule has 0 aliphatic heterocycles. The van der Waals surface area contributed by atoms with Crippen LogP contribution in [0.5, 0.6) is 0 Å². The van der Waals surface area contributed by atoms with Gasteiger partial charge in [-0.2, -0.15) is 0 Å². The van der Waals surface area contributed by atoms with Crippen LogP contribution in [0.15, 0.2) is 103 Å². The molecular weight excluding hydrogens is 461 g/mol. The maximum absolute atomic E-state index is 14.1. The molecule has 0 saturated carbocycles. The largest absolute Gasteiger partial charge is 0.343 e. The fraction of sp³-hybridized carbons (Fsp3) is 0.100. The Balaban J connectivity index is 1.54. The van der Waals surface area contributed by atoms with E-state index in [1.54, 1.807) is 36.4 Å². The summed E-state index contributed by atoms with van der Waals surface area (Å²) in [6.45, 7) is 0.512. The number of carbonyl (C=O) groups is 1. The van der Waals surface area contributed by atoms with Crippen LogP contribution in [0.25, 0.3) is 10.9 Å². The highest BCUT2D eigenvalue weighted by atomic mass is 19.1. The molecule has 36 heavy (non-hydrogen) atoms. The van der Waals surface area contributed by atoms with Crippen LogP contribution in [0.1, 0.15) is 29.0 Å². The lowest BCUT2D eigenvalue weighted by Crippen LogP contribution is -2.17. The van der Waals surface area contributed by atoms with E-state index in [1.807, 2.05) is 30.5 Å². The minimum absolute atomic E-state index is 0.0323. The predicted octanol–water partition coefficient (Wildman–Crippen LogP) is 7.27. The second kappa shape index (κ2) is 10.1. The Hall–Kier alpha value is -4.32. The molecule has 1 atom stereocenters. The molecule has 180 valence electrons. The van der Waals surface area contributed by atoms with E-state index in [0.717, 1.165) is 27.6 Å². The van der Waals surface area contributed by atoms with Crippen molar-refractivity contribution in [3.63, 3.8) is 0 Å². The first kappa shape index (κ1) is 23.4. The van der Waals surface area contributed by atoms with E-state index in [9.17, 15) is 18.0 Å². The summed E-state index contributed by atoms with van der Waals surface area (Å²) >= 11 is 0. The number of para-hydroxylation sites is 2. The Morgan fingerprint density at radius 1 is 0.778 bits per heavy atom. The van der Waals surface area contributed by atoms with Gasteiger partial charge in [-0.25, -0.2) is 13.2 Å². The topological polar surface area (TPSA) is 34.0 Å². The molecule has 0 radical (unpaired) electrons. The Kier molecular flexibility index (Phi) is 6.58. The summed E-state index contributed by atoms with van der Waals surface area (Å²) in [5, 5.41) is 3.61. The average Bonchev–Trinajstić information content (AvgIpc) is 3.24. The zero-order chi connectivity index (χ0) is 25.1. The second-order valence-electron chi connectivity index (χ2n) is 8.69. The van der Waals surface area contributed by atoms with Crippen LogP contribution in [-0.4, -0.2) is 10.5 Å². The SMILES string of the molecule is O=C(CC(c1ccc(F)cc1)c1cn(Cc2ccc(F)cc2)c2ccccc12)Nc1ccccc1F. The predicted molar refractivity (Wildman–Crippen MR) is 135 cm³/mol. The molecule has 1 aromatic heterocycles. The Bertz CT molecular complexity index is 1510. The molecule has 0 bridgehead atoms. The molecule has 0 aliphatic carbocycles. The average molecular weight is 485 g/mol. The Morgan fingerprint density at radius 2 is 1.42 bits per heavy atom. The van der Waals surface area contributed by atoms with Crippen LogP contribution in [0, 0.1) is 17.5 Å². The number of nitrogens with one attached hydrogen (secondary N) is 1. The van der Waals surface area contributed by atoms with E-state index in [4.69, 9.17) is 0 Å². The van der Waals surface area contributed by atoms with Gasteiger partial charge in [0.25, 0.3) is 0 Å². The van der Waals surface area contributed by atoms with Gasteiger partial charge >= 0.3 is 0 Å². The molecule has 3 nitrogen and oxygen atoms in total. The number of carbonyl (C=O) groups excluding carboxylic acids is 1. The Morgan fingerprint density at radius 3 is 2.14 bits per heavy atom. The van der Waals surface area contributed by atoms with Gasteiger partial charge in [-0.3, -0.25) is 4.79 Å². The maximum Gasteiger partial charge on any atom is 0.225 e. The van der Waals surface area contributed by atoms with Gasteiger partial charge in [-0.1, -0.05) is 54.6 Å². The molecule has 4 aromatic carbocycles. The van der Waals surface area contributed by atoms with Gasteiger partial charge < -0.3 is 9.88 Å². The zero-order valence-corrected chi connectivity index (χ0v) is 19.3. The van der Waals surface area contributed by atoms with Gasteiger partial charge in [-0.05, 0) is 59.2 Å². The number of anilines is 1. The number of rotatable bonds is 7. The molecule has 0 fully saturated rings. The maximum atomic E-state index is 14.1. The number of hydrogen-bond acceptors (Lipinski definition) is 1. The lowest BCUT2D eigenvalue weighted by molar-refractivity contribution is -0.116. The number of halogens is 3. The molecule has 1 heterocycles. The number of benzene rings is 4. The molecule has 5 aromatic rings. The summed E-state index contributed by atoms with van der Waals surface area (Å²) in [6, 6.07) is 26.3. The van der Waals surface area contributed by atoms with Crippen LogP contribution in [0.2, 0.25) is 0 Å². The van der Waals surface area contributed by atoms with Crippen molar-refractivity contribution in [1.29, 1.82) is 0 Å².